The number of likely N-dealkylation sites (tertiary alicyclic amines) is 1. The molecule has 1 aromatic rings. The monoisotopic (exact) mass is 337 g/mol. The van der Waals surface area contributed by atoms with Gasteiger partial charge >= 0.3 is 6.09 Å². The van der Waals surface area contributed by atoms with Gasteiger partial charge in [-0.15, -0.1) is 0 Å². The van der Waals surface area contributed by atoms with Crippen molar-refractivity contribution in [2.45, 2.75) is 50.6 Å². The van der Waals surface area contributed by atoms with Gasteiger partial charge in [-0.1, -0.05) is 30.3 Å². The summed E-state index contributed by atoms with van der Waals surface area (Å²) in [5, 5.41) is 10.7. The number of amides is 1. The second-order valence-electron chi connectivity index (χ2n) is 7.17. The lowest BCUT2D eigenvalue weighted by atomic mass is 9.94. The van der Waals surface area contributed by atoms with Gasteiger partial charge in [0, 0.05) is 24.6 Å². The second-order valence-corrected chi connectivity index (χ2v) is 8.16. The van der Waals surface area contributed by atoms with E-state index in [0.29, 0.717) is 31.7 Å². The highest BCUT2D eigenvalue weighted by Gasteiger charge is 2.35. The van der Waals surface area contributed by atoms with Crippen LogP contribution in [-0.2, 0) is 10.5 Å². The van der Waals surface area contributed by atoms with Crippen molar-refractivity contribution in [3.63, 3.8) is 0 Å². The summed E-state index contributed by atoms with van der Waals surface area (Å²) in [6.07, 6.45) is 0.929. The topological polar surface area (TPSA) is 49.8 Å². The summed E-state index contributed by atoms with van der Waals surface area (Å²) >= 11 is 1.75. The number of aliphatic hydroxyl groups is 1. The summed E-state index contributed by atoms with van der Waals surface area (Å²) in [4.78, 5) is 13.7. The number of hydrogen-bond donors (Lipinski definition) is 1. The zero-order valence-corrected chi connectivity index (χ0v) is 15.1. The fraction of sp³-hybridized carbons (Fsp3) is 0.611. The Bertz CT molecular complexity index is 505. The third-order valence-electron chi connectivity index (χ3n) is 3.83. The molecule has 1 N–H and O–H groups in total. The summed E-state index contributed by atoms with van der Waals surface area (Å²) in [5.74, 6) is 1.60. The van der Waals surface area contributed by atoms with Crippen molar-refractivity contribution < 1.29 is 14.6 Å². The number of piperidine rings is 1. The zero-order chi connectivity index (χ0) is 16.9. The minimum Gasteiger partial charge on any atom is -0.444 e. The fourth-order valence-electron chi connectivity index (χ4n) is 2.51. The molecule has 1 saturated heterocycles. The van der Waals surface area contributed by atoms with E-state index < -0.39 is 11.2 Å². The smallest absolute Gasteiger partial charge is 0.410 e. The predicted molar refractivity (Wildman–Crippen MR) is 94.6 cm³/mol. The van der Waals surface area contributed by atoms with Crippen LogP contribution in [0.25, 0.3) is 0 Å². The molecule has 0 spiro atoms. The quantitative estimate of drug-likeness (QED) is 0.910. The van der Waals surface area contributed by atoms with Crippen LogP contribution >= 0.6 is 11.8 Å². The average Bonchev–Trinajstić information content (AvgIpc) is 2.47. The van der Waals surface area contributed by atoms with Crippen LogP contribution in [0.4, 0.5) is 4.79 Å². The molecule has 0 aliphatic carbocycles. The van der Waals surface area contributed by atoms with Crippen molar-refractivity contribution in [2.24, 2.45) is 0 Å². The number of ether oxygens (including phenoxy) is 1. The van der Waals surface area contributed by atoms with Gasteiger partial charge in [-0.3, -0.25) is 0 Å². The molecule has 0 saturated carbocycles. The molecule has 1 amide bonds. The Labute approximate surface area is 143 Å². The molecule has 1 fully saturated rings. The van der Waals surface area contributed by atoms with Gasteiger partial charge in [0.2, 0.25) is 0 Å². The van der Waals surface area contributed by atoms with Crippen molar-refractivity contribution in [1.29, 1.82) is 0 Å². The lowest BCUT2D eigenvalue weighted by Gasteiger charge is -2.38. The van der Waals surface area contributed by atoms with Gasteiger partial charge < -0.3 is 14.7 Å². The molecule has 23 heavy (non-hydrogen) atoms. The number of benzene rings is 1. The van der Waals surface area contributed by atoms with Crippen molar-refractivity contribution >= 4 is 17.9 Å². The van der Waals surface area contributed by atoms with Gasteiger partial charge in [0.25, 0.3) is 0 Å². The lowest BCUT2D eigenvalue weighted by Crippen LogP contribution is -2.49. The maximum Gasteiger partial charge on any atom is 0.410 e. The third-order valence-corrected chi connectivity index (χ3v) is 5.11. The molecule has 0 radical (unpaired) electrons. The summed E-state index contributed by atoms with van der Waals surface area (Å²) < 4.78 is 5.38. The Morgan fingerprint density at radius 2 is 1.87 bits per heavy atom. The number of carbonyl (C=O) groups excluding carboxylic acids is 1. The van der Waals surface area contributed by atoms with Crippen LogP contribution in [0.15, 0.2) is 30.3 Å². The lowest BCUT2D eigenvalue weighted by molar-refractivity contribution is -0.0190. The standard InChI is InChI=1S/C18H27NO3S/c1-17(2,3)22-16(20)19-11-9-18(21,10-12-19)14-23-13-15-7-5-4-6-8-15/h4-8,21H,9-14H2,1-3H3. The number of thioether (sulfide) groups is 1. The van der Waals surface area contributed by atoms with Gasteiger partial charge in [-0.25, -0.2) is 4.79 Å². The van der Waals surface area contributed by atoms with Crippen molar-refractivity contribution in [2.75, 3.05) is 18.8 Å². The molecule has 0 aromatic heterocycles. The first-order valence-electron chi connectivity index (χ1n) is 8.09. The first-order valence-corrected chi connectivity index (χ1v) is 9.25. The molecular formula is C18H27NO3S. The van der Waals surface area contributed by atoms with Crippen LogP contribution in [0, 0.1) is 0 Å². The maximum atomic E-state index is 12.0. The van der Waals surface area contributed by atoms with E-state index in [1.807, 2.05) is 39.0 Å². The van der Waals surface area contributed by atoms with E-state index in [-0.39, 0.29) is 6.09 Å². The summed E-state index contributed by atoms with van der Waals surface area (Å²) in [7, 11) is 0. The van der Waals surface area contributed by atoms with E-state index >= 15 is 0 Å². The molecule has 2 rings (SSSR count). The molecule has 1 heterocycles. The molecule has 128 valence electrons. The molecule has 5 heteroatoms. The Morgan fingerprint density at radius 3 is 2.43 bits per heavy atom. The van der Waals surface area contributed by atoms with E-state index in [0.717, 1.165) is 5.75 Å². The first kappa shape index (κ1) is 18.1. The van der Waals surface area contributed by atoms with E-state index in [9.17, 15) is 9.90 Å². The van der Waals surface area contributed by atoms with Gasteiger partial charge in [0.05, 0.1) is 5.60 Å². The maximum absolute atomic E-state index is 12.0. The van der Waals surface area contributed by atoms with Gasteiger partial charge in [-0.2, -0.15) is 11.8 Å². The van der Waals surface area contributed by atoms with Gasteiger partial charge in [-0.05, 0) is 39.2 Å². The predicted octanol–water partition coefficient (Wildman–Crippen LogP) is 3.68. The van der Waals surface area contributed by atoms with E-state index in [4.69, 9.17) is 4.74 Å². The average molecular weight is 337 g/mol. The molecular weight excluding hydrogens is 310 g/mol. The van der Waals surface area contributed by atoms with Crippen LogP contribution in [0.2, 0.25) is 0 Å². The highest BCUT2D eigenvalue weighted by Crippen LogP contribution is 2.28. The fourth-order valence-corrected chi connectivity index (χ4v) is 3.71. The summed E-state index contributed by atoms with van der Waals surface area (Å²) in [6, 6.07) is 10.3. The number of carbonyl (C=O) groups is 1. The molecule has 0 bridgehead atoms. The summed E-state index contributed by atoms with van der Waals surface area (Å²) in [6.45, 7) is 6.71. The summed E-state index contributed by atoms with van der Waals surface area (Å²) in [5.41, 5.74) is 0.112. The van der Waals surface area contributed by atoms with Gasteiger partial charge in [0.1, 0.15) is 5.60 Å². The van der Waals surface area contributed by atoms with E-state index in [1.165, 1.54) is 5.56 Å². The van der Waals surface area contributed by atoms with Crippen LogP contribution in [0.1, 0.15) is 39.2 Å². The minimum absolute atomic E-state index is 0.281. The number of hydrogen-bond acceptors (Lipinski definition) is 4. The van der Waals surface area contributed by atoms with E-state index in [2.05, 4.69) is 12.1 Å². The first-order chi connectivity index (χ1) is 10.8. The number of nitrogens with zero attached hydrogens (tertiary/aromatic N) is 1. The SMILES string of the molecule is CC(C)(C)OC(=O)N1CCC(O)(CSCc2ccccc2)CC1. The zero-order valence-electron chi connectivity index (χ0n) is 14.2. The third kappa shape index (κ3) is 6.07. The van der Waals surface area contributed by atoms with Crippen LogP contribution in [-0.4, -0.2) is 46.1 Å². The normalized spacial score (nSPS) is 17.8. The molecule has 1 aliphatic heterocycles. The van der Waals surface area contributed by atoms with Crippen LogP contribution in [0.3, 0.4) is 0 Å². The van der Waals surface area contributed by atoms with Crippen molar-refractivity contribution in [1.82, 2.24) is 4.90 Å². The Morgan fingerprint density at radius 1 is 1.26 bits per heavy atom. The van der Waals surface area contributed by atoms with E-state index in [1.54, 1.807) is 16.7 Å². The Hall–Kier alpha value is -1.20. The highest BCUT2D eigenvalue weighted by atomic mass is 32.2. The Kier molecular flexibility index (Phi) is 5.98. The second kappa shape index (κ2) is 7.58. The molecule has 0 unspecified atom stereocenters. The van der Waals surface area contributed by atoms with Crippen LogP contribution < -0.4 is 0 Å². The van der Waals surface area contributed by atoms with Gasteiger partial charge in [0.15, 0.2) is 0 Å². The molecule has 1 aromatic carbocycles. The highest BCUT2D eigenvalue weighted by molar-refractivity contribution is 7.98. The molecule has 0 atom stereocenters. The minimum atomic E-state index is -0.683. The van der Waals surface area contributed by atoms with Crippen molar-refractivity contribution in [3.05, 3.63) is 35.9 Å². The van der Waals surface area contributed by atoms with Crippen LogP contribution in [0.5, 0.6) is 0 Å². The largest absolute Gasteiger partial charge is 0.444 e. The molecule has 1 aliphatic rings. The number of rotatable bonds is 4. The Balaban J connectivity index is 1.75. The molecule has 4 nitrogen and oxygen atoms in total. The van der Waals surface area contributed by atoms with Crippen molar-refractivity contribution in [3.8, 4) is 0 Å².